The highest BCUT2D eigenvalue weighted by Gasteiger charge is 2.35. The number of carboxylic acid groups (broad SMARTS) is 1. The summed E-state index contributed by atoms with van der Waals surface area (Å²) in [6, 6.07) is 15.8. The molecule has 0 amide bonds. The van der Waals surface area contributed by atoms with Gasteiger partial charge in [-0.3, -0.25) is 0 Å². The lowest BCUT2D eigenvalue weighted by Crippen LogP contribution is -2.29. The van der Waals surface area contributed by atoms with Crippen molar-refractivity contribution in [2.75, 3.05) is 12.4 Å². The van der Waals surface area contributed by atoms with E-state index in [4.69, 9.17) is 4.74 Å². The number of carbonyl (C=O) groups is 2. The predicted molar refractivity (Wildman–Crippen MR) is 116 cm³/mol. The Balaban J connectivity index is 1.71. The molecular weight excluding hydrogens is 416 g/mol. The first-order valence-electron chi connectivity index (χ1n) is 9.50. The first-order valence-corrected chi connectivity index (χ1v) is 10.5. The quantitative estimate of drug-likeness (QED) is 0.445. The van der Waals surface area contributed by atoms with Gasteiger partial charge < -0.3 is 15.2 Å². The molecule has 1 aliphatic rings. The molecule has 1 aliphatic heterocycles. The minimum Gasteiger partial charge on any atom is -0.478 e. The van der Waals surface area contributed by atoms with Gasteiger partial charge in [0.1, 0.15) is 6.04 Å². The Labute approximate surface area is 183 Å². The normalized spacial score (nSPS) is 15.2. The first kappa shape index (κ1) is 20.7. The molecular formula is C22H20N4O4S. The summed E-state index contributed by atoms with van der Waals surface area (Å²) < 4.78 is 6.64. The van der Waals surface area contributed by atoms with Crippen molar-refractivity contribution in [1.82, 2.24) is 14.8 Å². The van der Waals surface area contributed by atoms with Gasteiger partial charge in [0.15, 0.2) is 0 Å². The summed E-state index contributed by atoms with van der Waals surface area (Å²) >= 11 is 1.49. The zero-order valence-corrected chi connectivity index (χ0v) is 17.7. The lowest BCUT2D eigenvalue weighted by atomic mass is 9.95. The Hall–Kier alpha value is -3.59. The second kappa shape index (κ2) is 8.65. The zero-order valence-electron chi connectivity index (χ0n) is 16.9. The molecule has 1 atom stereocenters. The second-order valence-corrected chi connectivity index (χ2v) is 7.86. The molecule has 8 nitrogen and oxygen atoms in total. The van der Waals surface area contributed by atoms with E-state index in [2.05, 4.69) is 15.4 Å². The number of carboxylic acids is 1. The van der Waals surface area contributed by atoms with Crippen molar-refractivity contribution in [3.63, 3.8) is 0 Å². The van der Waals surface area contributed by atoms with Gasteiger partial charge in [-0.2, -0.15) is 4.98 Å². The van der Waals surface area contributed by atoms with E-state index < -0.39 is 18.0 Å². The van der Waals surface area contributed by atoms with Crippen LogP contribution in [0.1, 0.15) is 34.5 Å². The average molecular weight is 436 g/mol. The summed E-state index contributed by atoms with van der Waals surface area (Å²) in [6.07, 6.45) is 0. The molecule has 0 saturated carbocycles. The van der Waals surface area contributed by atoms with Gasteiger partial charge in [-0.25, -0.2) is 14.3 Å². The molecule has 158 valence electrons. The number of methoxy groups -OCH3 is 1. The predicted octanol–water partition coefficient (Wildman–Crippen LogP) is 3.73. The van der Waals surface area contributed by atoms with Crippen LogP contribution >= 0.6 is 11.8 Å². The van der Waals surface area contributed by atoms with E-state index in [1.165, 1.54) is 31.0 Å². The number of rotatable bonds is 6. The Morgan fingerprint density at radius 2 is 1.87 bits per heavy atom. The van der Waals surface area contributed by atoms with Crippen LogP contribution in [0.4, 0.5) is 5.95 Å². The number of nitrogens with zero attached hydrogens (tertiary/aromatic N) is 3. The highest BCUT2D eigenvalue weighted by atomic mass is 32.2. The number of anilines is 1. The number of allylic oxidation sites excluding steroid dienone is 1. The number of fused-ring (bicyclic) bond motifs is 1. The molecule has 2 aromatic carbocycles. The maximum Gasteiger partial charge on any atom is 0.338 e. The van der Waals surface area contributed by atoms with E-state index in [1.54, 1.807) is 23.7 Å². The summed E-state index contributed by atoms with van der Waals surface area (Å²) in [4.78, 5) is 28.4. The first-order chi connectivity index (χ1) is 15.0. The third kappa shape index (κ3) is 4.17. The van der Waals surface area contributed by atoms with E-state index in [-0.39, 0.29) is 5.56 Å². The van der Waals surface area contributed by atoms with E-state index in [1.807, 2.05) is 30.3 Å². The van der Waals surface area contributed by atoms with Crippen LogP contribution in [0, 0.1) is 0 Å². The summed E-state index contributed by atoms with van der Waals surface area (Å²) in [6.45, 7) is 1.78. The third-order valence-electron chi connectivity index (χ3n) is 4.92. The van der Waals surface area contributed by atoms with Crippen molar-refractivity contribution >= 4 is 29.6 Å². The van der Waals surface area contributed by atoms with Gasteiger partial charge >= 0.3 is 11.9 Å². The number of benzene rings is 2. The number of carbonyl (C=O) groups excluding carboxylic acids is 1. The van der Waals surface area contributed by atoms with E-state index in [0.29, 0.717) is 33.7 Å². The number of esters is 1. The molecule has 0 saturated heterocycles. The van der Waals surface area contributed by atoms with Gasteiger partial charge in [0, 0.05) is 11.4 Å². The number of hydrogen-bond acceptors (Lipinski definition) is 7. The van der Waals surface area contributed by atoms with Gasteiger partial charge in [-0.05, 0) is 30.2 Å². The number of aromatic carboxylic acids is 1. The highest BCUT2D eigenvalue weighted by Crippen LogP contribution is 2.37. The van der Waals surface area contributed by atoms with Crippen molar-refractivity contribution in [2.45, 2.75) is 23.9 Å². The minimum absolute atomic E-state index is 0.163. The van der Waals surface area contributed by atoms with Crippen LogP contribution in [0.25, 0.3) is 0 Å². The largest absolute Gasteiger partial charge is 0.478 e. The van der Waals surface area contributed by atoms with Crippen LogP contribution in [0.2, 0.25) is 0 Å². The highest BCUT2D eigenvalue weighted by molar-refractivity contribution is 7.98. The van der Waals surface area contributed by atoms with Crippen LogP contribution in [0.15, 0.2) is 71.0 Å². The maximum absolute atomic E-state index is 12.6. The number of nitrogens with one attached hydrogen (secondary N) is 1. The van der Waals surface area contributed by atoms with Crippen LogP contribution in [-0.2, 0) is 15.3 Å². The molecule has 3 aromatic rings. The topological polar surface area (TPSA) is 106 Å². The molecule has 0 aliphatic carbocycles. The third-order valence-corrected chi connectivity index (χ3v) is 5.83. The Morgan fingerprint density at radius 3 is 2.52 bits per heavy atom. The van der Waals surface area contributed by atoms with Crippen molar-refractivity contribution in [1.29, 1.82) is 0 Å². The van der Waals surface area contributed by atoms with Gasteiger partial charge in [-0.15, -0.1) is 5.10 Å². The zero-order chi connectivity index (χ0) is 22.0. The van der Waals surface area contributed by atoms with E-state index in [0.717, 1.165) is 5.56 Å². The van der Waals surface area contributed by atoms with E-state index in [9.17, 15) is 14.7 Å². The minimum atomic E-state index is -1.02. The average Bonchev–Trinajstić information content (AvgIpc) is 3.19. The fourth-order valence-electron chi connectivity index (χ4n) is 3.41. The summed E-state index contributed by atoms with van der Waals surface area (Å²) in [5, 5.41) is 17.5. The van der Waals surface area contributed by atoms with E-state index >= 15 is 0 Å². The van der Waals surface area contributed by atoms with Gasteiger partial charge in [0.05, 0.1) is 18.2 Å². The molecule has 1 aromatic heterocycles. The SMILES string of the molecule is COC(=O)C1=C(C)Nc2nc(SCc3ccccc3)nn2C1c1ccc(C(=O)O)cc1. The molecule has 1 unspecified atom stereocenters. The van der Waals surface area contributed by atoms with Gasteiger partial charge in [0.25, 0.3) is 0 Å². The van der Waals surface area contributed by atoms with Crippen molar-refractivity contribution < 1.29 is 19.4 Å². The van der Waals surface area contributed by atoms with Crippen molar-refractivity contribution in [3.05, 3.63) is 82.6 Å². The number of hydrogen-bond donors (Lipinski definition) is 2. The molecule has 2 N–H and O–H groups in total. The molecule has 9 heteroatoms. The molecule has 0 radical (unpaired) electrons. The molecule has 0 spiro atoms. The standard InChI is InChI=1S/C22H20N4O4S/c1-13-17(20(29)30-2)18(15-8-10-16(11-9-15)19(27)28)26-21(23-13)24-22(25-26)31-12-14-6-4-3-5-7-14/h3-11,18H,12H2,1-2H3,(H,27,28)(H,23,24,25). The number of ether oxygens (including phenoxy) is 1. The molecule has 31 heavy (non-hydrogen) atoms. The van der Waals surface area contributed by atoms with Gasteiger partial charge in [-0.1, -0.05) is 54.2 Å². The Morgan fingerprint density at radius 1 is 1.16 bits per heavy atom. The molecule has 0 bridgehead atoms. The summed E-state index contributed by atoms with van der Waals surface area (Å²) in [5.74, 6) is -0.291. The lowest BCUT2D eigenvalue weighted by molar-refractivity contribution is -0.136. The monoisotopic (exact) mass is 436 g/mol. The smallest absolute Gasteiger partial charge is 0.338 e. The van der Waals surface area contributed by atoms with Crippen LogP contribution in [0.3, 0.4) is 0 Å². The fraction of sp³-hybridized carbons (Fsp3) is 0.182. The number of aromatic nitrogens is 3. The maximum atomic E-state index is 12.6. The van der Waals surface area contributed by atoms with Gasteiger partial charge in [0.2, 0.25) is 11.1 Å². The Bertz CT molecular complexity index is 1160. The van der Waals surface area contributed by atoms with Crippen LogP contribution in [0.5, 0.6) is 0 Å². The molecule has 4 rings (SSSR count). The lowest BCUT2D eigenvalue weighted by Gasteiger charge is -2.27. The van der Waals surface area contributed by atoms with Crippen LogP contribution < -0.4 is 5.32 Å². The molecule has 2 heterocycles. The number of thioether (sulfide) groups is 1. The summed E-state index contributed by atoms with van der Waals surface area (Å²) in [5.41, 5.74) is 3.02. The van der Waals surface area contributed by atoms with Crippen molar-refractivity contribution in [2.24, 2.45) is 0 Å². The van der Waals surface area contributed by atoms with Crippen LogP contribution in [-0.4, -0.2) is 38.9 Å². The fourth-order valence-corrected chi connectivity index (χ4v) is 4.19. The summed E-state index contributed by atoms with van der Waals surface area (Å²) in [7, 11) is 1.32. The van der Waals surface area contributed by atoms with Crippen molar-refractivity contribution in [3.8, 4) is 0 Å². The Kier molecular flexibility index (Phi) is 5.77. The molecule has 0 fully saturated rings. The second-order valence-electron chi connectivity index (χ2n) is 6.92.